The molecular weight excluding hydrogens is 418 g/mol. The Kier molecular flexibility index (Phi) is 15.5. The lowest BCUT2D eigenvalue weighted by Gasteiger charge is -2.16. The first kappa shape index (κ1) is 28.9. The summed E-state index contributed by atoms with van der Waals surface area (Å²) in [7, 11) is 1.28. The van der Waals surface area contributed by atoms with Crippen LogP contribution in [0.25, 0.3) is 0 Å². The maximum Gasteiger partial charge on any atom is 0.329 e. The van der Waals surface area contributed by atoms with Gasteiger partial charge in [-0.1, -0.05) is 24.1 Å². The summed E-state index contributed by atoms with van der Waals surface area (Å²) in [5, 5.41) is 2.56. The Balaban J connectivity index is 4.25. The molecule has 0 radical (unpaired) electrons. The van der Waals surface area contributed by atoms with Gasteiger partial charge in [0.25, 0.3) is 0 Å². The summed E-state index contributed by atoms with van der Waals surface area (Å²) < 4.78 is 9.59. The van der Waals surface area contributed by atoms with Crippen LogP contribution < -0.4 is 5.32 Å². The van der Waals surface area contributed by atoms with Crippen molar-refractivity contribution in [2.75, 3.05) is 25.2 Å². The van der Waals surface area contributed by atoms with Gasteiger partial charge in [-0.25, -0.2) is 4.79 Å². The molecule has 31 heavy (non-hydrogen) atoms. The zero-order valence-electron chi connectivity index (χ0n) is 19.6. The largest absolute Gasteiger partial charge is 0.467 e. The summed E-state index contributed by atoms with van der Waals surface area (Å²) in [6.07, 6.45) is 7.02. The van der Waals surface area contributed by atoms with Gasteiger partial charge < -0.3 is 14.8 Å². The number of ether oxygens (including phenoxy) is 2. The van der Waals surface area contributed by atoms with Crippen molar-refractivity contribution in [1.82, 2.24) is 5.32 Å². The standard InChI is InChI=1S/C23H37NO6S/c1-16(8-7-9-17(2)12-13-30-20(5)26)10-11-22(27)18(3)14-31-15-21(23(28)29-6)24-19(4)25/h8,12,18,21H,7,9-11,13-15H2,1-6H3,(H,24,25)/b16-8-,17-12-/t18?,21-/m0/s1. The van der Waals surface area contributed by atoms with E-state index in [1.165, 1.54) is 38.3 Å². The van der Waals surface area contributed by atoms with Crippen LogP contribution in [-0.4, -0.2) is 54.9 Å². The van der Waals surface area contributed by atoms with Gasteiger partial charge in [-0.05, 0) is 39.2 Å². The van der Waals surface area contributed by atoms with Crippen molar-refractivity contribution >= 4 is 35.4 Å². The molecule has 0 spiro atoms. The van der Waals surface area contributed by atoms with Crippen molar-refractivity contribution in [3.05, 3.63) is 23.3 Å². The van der Waals surface area contributed by atoms with E-state index in [1.54, 1.807) is 0 Å². The molecule has 8 heteroatoms. The summed E-state index contributed by atoms with van der Waals surface area (Å²) in [6, 6.07) is -0.702. The predicted molar refractivity (Wildman–Crippen MR) is 124 cm³/mol. The first-order chi connectivity index (χ1) is 14.6. The van der Waals surface area contributed by atoms with Crippen molar-refractivity contribution in [2.24, 2.45) is 5.92 Å². The normalized spacial score (nSPS) is 13.9. The van der Waals surface area contributed by atoms with E-state index in [-0.39, 0.29) is 23.6 Å². The predicted octanol–water partition coefficient (Wildman–Crippen LogP) is 3.62. The zero-order valence-corrected chi connectivity index (χ0v) is 20.4. The summed E-state index contributed by atoms with van der Waals surface area (Å²) >= 11 is 1.45. The summed E-state index contributed by atoms with van der Waals surface area (Å²) in [4.78, 5) is 46.0. The Morgan fingerprint density at radius 3 is 2.16 bits per heavy atom. The monoisotopic (exact) mass is 455 g/mol. The topological polar surface area (TPSA) is 98.8 Å². The van der Waals surface area contributed by atoms with Gasteiger partial charge in [0.15, 0.2) is 0 Å². The third-order valence-corrected chi connectivity index (χ3v) is 5.89. The Morgan fingerprint density at radius 2 is 1.58 bits per heavy atom. The molecule has 2 atom stereocenters. The summed E-state index contributed by atoms with van der Waals surface area (Å²) in [5.41, 5.74) is 2.34. The molecular formula is C23H37NO6S. The molecule has 0 aromatic carbocycles. The maximum absolute atomic E-state index is 12.4. The third kappa shape index (κ3) is 15.4. The van der Waals surface area contributed by atoms with E-state index in [0.29, 0.717) is 24.5 Å². The van der Waals surface area contributed by atoms with Gasteiger partial charge in [-0.3, -0.25) is 14.4 Å². The number of amides is 1. The van der Waals surface area contributed by atoms with Crippen molar-refractivity contribution < 1.29 is 28.7 Å². The number of esters is 2. The second-order valence-electron chi connectivity index (χ2n) is 7.62. The minimum absolute atomic E-state index is 0.125. The fraction of sp³-hybridized carbons (Fsp3) is 0.652. The van der Waals surface area contributed by atoms with E-state index in [4.69, 9.17) is 9.47 Å². The molecule has 0 aliphatic rings. The molecule has 0 heterocycles. The van der Waals surface area contributed by atoms with Crippen LogP contribution in [0.3, 0.4) is 0 Å². The van der Waals surface area contributed by atoms with Crippen LogP contribution in [0, 0.1) is 5.92 Å². The smallest absolute Gasteiger partial charge is 0.329 e. The maximum atomic E-state index is 12.4. The van der Waals surface area contributed by atoms with Gasteiger partial charge >= 0.3 is 11.9 Å². The molecule has 0 aliphatic carbocycles. The first-order valence-electron chi connectivity index (χ1n) is 10.5. The van der Waals surface area contributed by atoms with Gasteiger partial charge in [0.2, 0.25) is 5.91 Å². The van der Waals surface area contributed by atoms with E-state index in [9.17, 15) is 19.2 Å². The van der Waals surface area contributed by atoms with Crippen molar-refractivity contribution in [2.45, 2.75) is 66.3 Å². The van der Waals surface area contributed by atoms with Crippen molar-refractivity contribution in [3.63, 3.8) is 0 Å². The van der Waals surface area contributed by atoms with E-state index in [2.05, 4.69) is 11.4 Å². The van der Waals surface area contributed by atoms with Gasteiger partial charge in [0.1, 0.15) is 18.4 Å². The minimum atomic E-state index is -0.702. The van der Waals surface area contributed by atoms with Crippen LogP contribution in [0.4, 0.5) is 0 Å². The Hall–Kier alpha value is -2.09. The highest BCUT2D eigenvalue weighted by atomic mass is 32.2. The Bertz CT molecular complexity index is 671. The molecule has 7 nitrogen and oxygen atoms in total. The quantitative estimate of drug-likeness (QED) is 0.297. The zero-order chi connectivity index (χ0) is 23.8. The third-order valence-electron chi connectivity index (χ3n) is 4.58. The fourth-order valence-corrected chi connectivity index (χ4v) is 3.76. The molecule has 0 aromatic rings. The molecule has 0 aromatic heterocycles. The van der Waals surface area contributed by atoms with Gasteiger partial charge in [0.05, 0.1) is 7.11 Å². The number of allylic oxidation sites excluding steroid dienone is 3. The number of Topliss-reactive ketones (excluding diaryl/α,β-unsaturated/α-hetero) is 1. The lowest BCUT2D eigenvalue weighted by molar-refractivity contribution is -0.144. The van der Waals surface area contributed by atoms with E-state index >= 15 is 0 Å². The van der Waals surface area contributed by atoms with Crippen LogP contribution >= 0.6 is 11.8 Å². The number of rotatable bonds is 15. The molecule has 1 amide bonds. The summed E-state index contributed by atoms with van der Waals surface area (Å²) in [5.74, 6) is -0.0510. The molecule has 1 unspecified atom stereocenters. The first-order valence-corrected chi connectivity index (χ1v) is 11.6. The highest BCUT2D eigenvalue weighted by molar-refractivity contribution is 7.99. The molecule has 0 saturated heterocycles. The molecule has 0 aliphatic heterocycles. The lowest BCUT2D eigenvalue weighted by Crippen LogP contribution is -2.42. The Morgan fingerprint density at radius 1 is 0.935 bits per heavy atom. The molecule has 0 saturated carbocycles. The van der Waals surface area contributed by atoms with Crippen LogP contribution in [-0.2, 0) is 28.7 Å². The SMILES string of the molecule is COC(=O)[C@H](CSCC(C)C(=O)CC/C(C)=C\CC/C(C)=C\COC(C)=O)NC(C)=O. The van der Waals surface area contributed by atoms with Gasteiger partial charge in [-0.15, -0.1) is 0 Å². The molecule has 1 N–H and O–H groups in total. The second-order valence-corrected chi connectivity index (χ2v) is 8.70. The van der Waals surface area contributed by atoms with Crippen LogP contribution in [0.15, 0.2) is 23.3 Å². The number of carbonyl (C=O) groups excluding carboxylic acids is 4. The molecule has 176 valence electrons. The molecule has 0 fully saturated rings. The molecule has 0 bridgehead atoms. The van der Waals surface area contributed by atoms with Crippen LogP contribution in [0.5, 0.6) is 0 Å². The minimum Gasteiger partial charge on any atom is -0.467 e. The number of hydrogen-bond donors (Lipinski definition) is 1. The van der Waals surface area contributed by atoms with Crippen molar-refractivity contribution in [3.8, 4) is 0 Å². The van der Waals surface area contributed by atoms with Gasteiger partial charge in [0, 0.05) is 37.7 Å². The Labute approximate surface area is 190 Å². The fourth-order valence-electron chi connectivity index (χ4n) is 2.63. The number of nitrogens with one attached hydrogen (secondary N) is 1. The highest BCUT2D eigenvalue weighted by Crippen LogP contribution is 2.16. The number of hydrogen-bond acceptors (Lipinski definition) is 7. The molecule has 0 rings (SSSR count). The highest BCUT2D eigenvalue weighted by Gasteiger charge is 2.21. The number of thioether (sulfide) groups is 1. The van der Waals surface area contributed by atoms with E-state index in [1.807, 2.05) is 26.8 Å². The average molecular weight is 456 g/mol. The lowest BCUT2D eigenvalue weighted by atomic mass is 10.0. The van der Waals surface area contributed by atoms with Crippen LogP contribution in [0.1, 0.15) is 60.3 Å². The van der Waals surface area contributed by atoms with Gasteiger partial charge in [-0.2, -0.15) is 11.8 Å². The van der Waals surface area contributed by atoms with E-state index in [0.717, 1.165) is 24.8 Å². The average Bonchev–Trinajstić information content (AvgIpc) is 2.69. The summed E-state index contributed by atoms with van der Waals surface area (Å²) in [6.45, 7) is 8.96. The van der Waals surface area contributed by atoms with Crippen molar-refractivity contribution in [1.29, 1.82) is 0 Å². The number of carbonyl (C=O) groups is 4. The second kappa shape index (κ2) is 16.6. The van der Waals surface area contributed by atoms with E-state index < -0.39 is 12.0 Å². The number of methoxy groups -OCH3 is 1. The number of ketones is 1. The van der Waals surface area contributed by atoms with Crippen LogP contribution in [0.2, 0.25) is 0 Å².